The van der Waals surface area contributed by atoms with Gasteiger partial charge in [-0.25, -0.2) is 0 Å². The fourth-order valence-corrected chi connectivity index (χ4v) is 3.83. The van der Waals surface area contributed by atoms with Crippen molar-refractivity contribution in [2.24, 2.45) is 0 Å². The lowest BCUT2D eigenvalue weighted by Crippen LogP contribution is -2.54. The number of hydrogen-bond acceptors (Lipinski definition) is 4. The van der Waals surface area contributed by atoms with Crippen LogP contribution < -0.4 is 0 Å². The molecule has 1 saturated carbocycles. The first-order valence-electron chi connectivity index (χ1n) is 9.03. The zero-order valence-corrected chi connectivity index (χ0v) is 16.3. The number of benzene rings is 1. The number of amides is 1. The van der Waals surface area contributed by atoms with E-state index in [4.69, 9.17) is 16.3 Å². The van der Waals surface area contributed by atoms with E-state index in [1.165, 1.54) is 4.90 Å². The summed E-state index contributed by atoms with van der Waals surface area (Å²) in [5.74, 6) is -0.679. The largest absolute Gasteiger partial charge is 0.463 e. The maximum Gasteiger partial charge on any atom is 0.306 e. The number of carbonyl (C=O) groups is 3. The van der Waals surface area contributed by atoms with Crippen molar-refractivity contribution in [2.75, 3.05) is 7.05 Å². The molecule has 0 spiro atoms. The quantitative estimate of drug-likeness (QED) is 0.704. The summed E-state index contributed by atoms with van der Waals surface area (Å²) in [6, 6.07) is 7.17. The first-order valence-corrected chi connectivity index (χ1v) is 9.41. The summed E-state index contributed by atoms with van der Waals surface area (Å²) in [5, 5.41) is 0.474. The molecule has 142 valence electrons. The van der Waals surface area contributed by atoms with E-state index in [-0.39, 0.29) is 30.6 Å². The minimum atomic E-state index is -1.06. The molecule has 6 heteroatoms. The third-order valence-electron chi connectivity index (χ3n) is 4.83. The number of rotatable bonds is 6. The Morgan fingerprint density at radius 3 is 2.54 bits per heavy atom. The van der Waals surface area contributed by atoms with Crippen molar-refractivity contribution in [2.45, 2.75) is 64.0 Å². The monoisotopic (exact) mass is 379 g/mol. The Labute approximate surface area is 159 Å². The van der Waals surface area contributed by atoms with Crippen LogP contribution in [-0.4, -0.2) is 35.7 Å². The van der Waals surface area contributed by atoms with Crippen molar-refractivity contribution >= 4 is 29.3 Å². The topological polar surface area (TPSA) is 63.7 Å². The summed E-state index contributed by atoms with van der Waals surface area (Å²) in [7, 11) is 1.63. The molecule has 5 nitrogen and oxygen atoms in total. The maximum atomic E-state index is 13.0. The van der Waals surface area contributed by atoms with Gasteiger partial charge in [-0.1, -0.05) is 29.8 Å². The first-order chi connectivity index (χ1) is 12.3. The van der Waals surface area contributed by atoms with Gasteiger partial charge < -0.3 is 9.64 Å². The minimum absolute atomic E-state index is 0.00152. The molecule has 1 atom stereocenters. The normalized spacial score (nSPS) is 20.1. The molecular weight excluding hydrogens is 354 g/mol. The van der Waals surface area contributed by atoms with Gasteiger partial charge in [0.25, 0.3) is 0 Å². The van der Waals surface area contributed by atoms with Gasteiger partial charge >= 0.3 is 5.97 Å². The molecule has 26 heavy (non-hydrogen) atoms. The fraction of sp³-hybridized carbons (Fsp3) is 0.550. The van der Waals surface area contributed by atoms with Gasteiger partial charge in [0, 0.05) is 30.5 Å². The molecule has 1 fully saturated rings. The van der Waals surface area contributed by atoms with Crippen LogP contribution in [0.1, 0.15) is 57.9 Å². The van der Waals surface area contributed by atoms with Crippen LogP contribution in [-0.2, 0) is 24.7 Å². The van der Waals surface area contributed by atoms with Crippen LogP contribution >= 0.6 is 11.6 Å². The number of hydrogen-bond donors (Lipinski definition) is 0. The van der Waals surface area contributed by atoms with E-state index in [9.17, 15) is 14.4 Å². The molecule has 0 bridgehead atoms. The lowest BCUT2D eigenvalue weighted by molar-refractivity contribution is -0.152. The molecule has 0 aromatic heterocycles. The standard InChI is InChI=1S/C20H26ClNO4/c1-14(2)26-19(25)12-11-18(24)22(3)20(13-7-6-10-17(20)23)15-8-4-5-9-16(15)21/h4-5,8-9,14H,6-7,10-13H2,1-3H3/t20-/m0/s1. The van der Waals surface area contributed by atoms with Crippen molar-refractivity contribution in [3.8, 4) is 0 Å². The van der Waals surface area contributed by atoms with Crippen molar-refractivity contribution in [1.29, 1.82) is 0 Å². The van der Waals surface area contributed by atoms with Gasteiger partial charge in [0.15, 0.2) is 5.78 Å². The molecule has 1 aromatic carbocycles. The summed E-state index contributed by atoms with van der Waals surface area (Å²) < 4.78 is 5.08. The van der Waals surface area contributed by atoms with Crippen LogP contribution in [0.4, 0.5) is 0 Å². The molecule has 1 aliphatic rings. The molecule has 1 aliphatic carbocycles. The summed E-state index contributed by atoms with van der Waals surface area (Å²) in [6.07, 6.45) is 2.38. The number of ether oxygens (including phenoxy) is 1. The molecular formula is C20H26ClNO4. The Balaban J connectivity index is 2.26. The Morgan fingerprint density at radius 2 is 1.92 bits per heavy atom. The van der Waals surface area contributed by atoms with Gasteiger partial charge in [-0.15, -0.1) is 0 Å². The number of nitrogens with zero attached hydrogens (tertiary/aromatic N) is 1. The number of likely N-dealkylation sites (N-methyl/N-ethyl adjacent to an activating group) is 1. The average molecular weight is 380 g/mol. The van der Waals surface area contributed by atoms with Gasteiger partial charge in [0.2, 0.25) is 5.91 Å². The van der Waals surface area contributed by atoms with Crippen molar-refractivity contribution in [3.05, 3.63) is 34.9 Å². The van der Waals surface area contributed by atoms with Crippen LogP contribution in [0.2, 0.25) is 5.02 Å². The molecule has 0 N–H and O–H groups in total. The SMILES string of the molecule is CC(C)OC(=O)CCC(=O)N(C)[C@]1(c2ccccc2Cl)CCCCC1=O. The number of carbonyl (C=O) groups excluding carboxylic acids is 3. The van der Waals surface area contributed by atoms with Gasteiger partial charge in [-0.3, -0.25) is 14.4 Å². The molecule has 0 aliphatic heterocycles. The van der Waals surface area contributed by atoms with E-state index in [0.29, 0.717) is 23.4 Å². The van der Waals surface area contributed by atoms with Crippen LogP contribution in [0.15, 0.2) is 24.3 Å². The maximum absolute atomic E-state index is 13.0. The summed E-state index contributed by atoms with van der Waals surface area (Å²) in [6.45, 7) is 3.53. The highest BCUT2D eigenvalue weighted by Gasteiger charge is 2.47. The fourth-order valence-electron chi connectivity index (χ4n) is 3.54. The third-order valence-corrected chi connectivity index (χ3v) is 5.16. The van der Waals surface area contributed by atoms with Gasteiger partial charge in [-0.2, -0.15) is 0 Å². The Morgan fingerprint density at radius 1 is 1.23 bits per heavy atom. The van der Waals surface area contributed by atoms with E-state index < -0.39 is 11.5 Å². The van der Waals surface area contributed by atoms with Gasteiger partial charge in [-0.05, 0) is 39.2 Å². The van der Waals surface area contributed by atoms with Crippen molar-refractivity contribution < 1.29 is 19.1 Å². The molecule has 0 unspecified atom stereocenters. The van der Waals surface area contributed by atoms with Gasteiger partial charge in [0.05, 0.1) is 12.5 Å². The predicted octanol–water partition coefficient (Wildman–Crippen LogP) is 3.87. The van der Waals surface area contributed by atoms with Crippen LogP contribution in [0, 0.1) is 0 Å². The van der Waals surface area contributed by atoms with E-state index in [0.717, 1.165) is 12.8 Å². The second-order valence-electron chi connectivity index (χ2n) is 6.96. The first kappa shape index (κ1) is 20.4. The van der Waals surface area contributed by atoms with Crippen molar-refractivity contribution in [3.63, 3.8) is 0 Å². The van der Waals surface area contributed by atoms with E-state index >= 15 is 0 Å². The number of halogens is 1. The van der Waals surface area contributed by atoms with Crippen LogP contribution in [0.5, 0.6) is 0 Å². The number of esters is 1. The van der Waals surface area contributed by atoms with Gasteiger partial charge in [0.1, 0.15) is 5.54 Å². The van der Waals surface area contributed by atoms with Crippen LogP contribution in [0.3, 0.4) is 0 Å². The highest BCUT2D eigenvalue weighted by Crippen LogP contribution is 2.42. The second-order valence-corrected chi connectivity index (χ2v) is 7.37. The highest BCUT2D eigenvalue weighted by atomic mass is 35.5. The summed E-state index contributed by atoms with van der Waals surface area (Å²) >= 11 is 6.38. The molecule has 0 heterocycles. The second kappa shape index (κ2) is 8.67. The zero-order chi connectivity index (χ0) is 19.3. The zero-order valence-electron chi connectivity index (χ0n) is 15.6. The van der Waals surface area contributed by atoms with Crippen LogP contribution in [0.25, 0.3) is 0 Å². The van der Waals surface area contributed by atoms with E-state index in [1.54, 1.807) is 33.0 Å². The van der Waals surface area contributed by atoms with E-state index in [2.05, 4.69) is 0 Å². The molecule has 1 amide bonds. The highest BCUT2D eigenvalue weighted by molar-refractivity contribution is 6.31. The third kappa shape index (κ3) is 4.26. The lowest BCUT2D eigenvalue weighted by atomic mass is 9.74. The molecule has 0 saturated heterocycles. The molecule has 1 aromatic rings. The smallest absolute Gasteiger partial charge is 0.306 e. The molecule has 0 radical (unpaired) electrons. The van der Waals surface area contributed by atoms with E-state index in [1.807, 2.05) is 12.1 Å². The summed E-state index contributed by atoms with van der Waals surface area (Å²) in [4.78, 5) is 39.0. The predicted molar refractivity (Wildman–Crippen MR) is 99.8 cm³/mol. The molecule has 2 rings (SSSR count). The Bertz CT molecular complexity index is 688. The Hall–Kier alpha value is -1.88. The summed E-state index contributed by atoms with van der Waals surface area (Å²) in [5.41, 5.74) is -0.401. The Kier molecular flexibility index (Phi) is 6.81. The average Bonchev–Trinajstić information content (AvgIpc) is 2.60. The number of ketones is 1. The number of Topliss-reactive ketones (excluding diaryl/α,β-unsaturated/α-hetero) is 1. The minimum Gasteiger partial charge on any atom is -0.463 e. The lowest BCUT2D eigenvalue weighted by Gasteiger charge is -2.44. The van der Waals surface area contributed by atoms with Crippen molar-refractivity contribution in [1.82, 2.24) is 4.90 Å².